The number of nitrogens with zero attached hydrogens (tertiary/aromatic N) is 1. The van der Waals surface area contributed by atoms with E-state index in [-0.39, 0.29) is 17.6 Å². The zero-order chi connectivity index (χ0) is 15.0. The van der Waals surface area contributed by atoms with Gasteiger partial charge in [-0.1, -0.05) is 30.3 Å². The molecule has 1 aromatic rings. The molecule has 0 spiro atoms. The van der Waals surface area contributed by atoms with E-state index >= 15 is 0 Å². The number of carbonyl (C=O) groups is 2. The summed E-state index contributed by atoms with van der Waals surface area (Å²) in [5.74, 6) is -0.714. The van der Waals surface area contributed by atoms with Crippen molar-refractivity contribution in [3.05, 3.63) is 47.2 Å². The van der Waals surface area contributed by atoms with Crippen molar-refractivity contribution >= 4 is 11.7 Å². The third-order valence-electron chi connectivity index (χ3n) is 4.21. The Labute approximate surface area is 124 Å². The quantitative estimate of drug-likeness (QED) is 0.782. The van der Waals surface area contributed by atoms with Crippen LogP contribution in [-0.2, 0) is 14.3 Å². The summed E-state index contributed by atoms with van der Waals surface area (Å²) >= 11 is 0. The van der Waals surface area contributed by atoms with Gasteiger partial charge in [0.15, 0.2) is 5.76 Å². The number of ketones is 1. The minimum Gasteiger partial charge on any atom is -0.490 e. The second-order valence-corrected chi connectivity index (χ2v) is 5.77. The molecule has 2 aliphatic rings. The molecule has 110 valence electrons. The molecule has 2 atom stereocenters. The van der Waals surface area contributed by atoms with Crippen LogP contribution in [0.15, 0.2) is 41.7 Å². The third kappa shape index (κ3) is 2.24. The van der Waals surface area contributed by atoms with Gasteiger partial charge in [0.2, 0.25) is 11.7 Å². The molecule has 1 amide bonds. The van der Waals surface area contributed by atoms with E-state index in [2.05, 4.69) is 0 Å². The predicted octanol–water partition coefficient (Wildman–Crippen LogP) is 2.12. The van der Waals surface area contributed by atoms with Crippen LogP contribution >= 0.6 is 0 Å². The van der Waals surface area contributed by atoms with E-state index in [0.29, 0.717) is 12.4 Å². The van der Waals surface area contributed by atoms with Crippen LogP contribution in [-0.4, -0.2) is 37.3 Å². The number of hydrogen-bond donors (Lipinski definition) is 0. The van der Waals surface area contributed by atoms with Gasteiger partial charge in [-0.25, -0.2) is 0 Å². The molecular weight excluding hydrogens is 266 g/mol. The Bertz CT molecular complexity index is 604. The molecule has 1 heterocycles. The first-order valence-electron chi connectivity index (χ1n) is 7.27. The van der Waals surface area contributed by atoms with Crippen molar-refractivity contribution in [3.8, 4) is 0 Å². The van der Waals surface area contributed by atoms with Gasteiger partial charge in [0, 0.05) is 20.0 Å². The topological polar surface area (TPSA) is 46.6 Å². The zero-order valence-electron chi connectivity index (χ0n) is 12.3. The van der Waals surface area contributed by atoms with Crippen LogP contribution in [0.5, 0.6) is 0 Å². The van der Waals surface area contributed by atoms with Gasteiger partial charge in [-0.2, -0.15) is 0 Å². The number of allylic oxidation sites excluding steroid dienone is 2. The van der Waals surface area contributed by atoms with Crippen molar-refractivity contribution in [3.63, 3.8) is 0 Å². The summed E-state index contributed by atoms with van der Waals surface area (Å²) in [5, 5.41) is 0. The Morgan fingerprint density at radius 1 is 1.24 bits per heavy atom. The summed E-state index contributed by atoms with van der Waals surface area (Å²) in [6, 6.07) is 9.80. The number of ether oxygens (including phenoxy) is 1. The summed E-state index contributed by atoms with van der Waals surface area (Å²) in [5.41, 5.74) is 2.01. The fourth-order valence-corrected chi connectivity index (χ4v) is 3.25. The average molecular weight is 285 g/mol. The number of Topliss-reactive ketones (excluding diaryl/α,β-unsaturated/α-hetero) is 1. The minimum atomic E-state index is -0.675. The van der Waals surface area contributed by atoms with Crippen molar-refractivity contribution < 1.29 is 14.3 Å². The van der Waals surface area contributed by atoms with Crippen molar-refractivity contribution in [2.75, 3.05) is 20.7 Å². The Morgan fingerprint density at radius 2 is 1.95 bits per heavy atom. The van der Waals surface area contributed by atoms with Crippen LogP contribution in [0.3, 0.4) is 0 Å². The number of rotatable bonds is 2. The van der Waals surface area contributed by atoms with Crippen molar-refractivity contribution in [2.45, 2.75) is 18.8 Å². The number of hydrogen-bond acceptors (Lipinski definition) is 3. The first kappa shape index (κ1) is 13.9. The molecule has 4 nitrogen and oxygen atoms in total. The summed E-state index contributed by atoms with van der Waals surface area (Å²) in [6.45, 7) is 0.564. The normalized spacial score (nSPS) is 24.6. The van der Waals surface area contributed by atoms with E-state index < -0.39 is 5.92 Å². The second-order valence-electron chi connectivity index (χ2n) is 5.77. The molecule has 0 unspecified atom stereocenters. The first-order valence-corrected chi connectivity index (χ1v) is 7.27. The summed E-state index contributed by atoms with van der Waals surface area (Å²) in [6.07, 6.45) is 1.73. The molecule has 21 heavy (non-hydrogen) atoms. The van der Waals surface area contributed by atoms with Gasteiger partial charge < -0.3 is 9.64 Å². The fraction of sp³-hybridized carbons (Fsp3) is 0.412. The molecule has 0 saturated carbocycles. The minimum absolute atomic E-state index is 0.146. The molecule has 0 saturated heterocycles. The van der Waals surface area contributed by atoms with Gasteiger partial charge in [0.25, 0.3) is 0 Å². The third-order valence-corrected chi connectivity index (χ3v) is 4.21. The van der Waals surface area contributed by atoms with Crippen LogP contribution in [0.25, 0.3) is 0 Å². The Balaban J connectivity index is 2.08. The lowest BCUT2D eigenvalue weighted by molar-refractivity contribution is -0.138. The van der Waals surface area contributed by atoms with Crippen molar-refractivity contribution in [1.29, 1.82) is 0 Å². The SMILES string of the molecule is CN(C)C(=O)[C@H]1C(=O)C2=C(CCCO2)[C@@H]1c1ccccc1. The van der Waals surface area contributed by atoms with Gasteiger partial charge in [-0.15, -0.1) is 0 Å². The molecule has 1 aliphatic carbocycles. The lowest BCUT2D eigenvalue weighted by Crippen LogP contribution is -2.36. The molecule has 0 aromatic heterocycles. The molecule has 1 aliphatic heterocycles. The molecule has 0 N–H and O–H groups in total. The highest BCUT2D eigenvalue weighted by Gasteiger charge is 2.48. The molecule has 0 fully saturated rings. The summed E-state index contributed by atoms with van der Waals surface area (Å²) in [7, 11) is 3.38. The molecule has 3 rings (SSSR count). The molecule has 0 bridgehead atoms. The molecule has 0 radical (unpaired) electrons. The van der Waals surface area contributed by atoms with E-state index in [0.717, 1.165) is 24.0 Å². The average Bonchev–Trinajstić information content (AvgIpc) is 2.81. The summed E-state index contributed by atoms with van der Waals surface area (Å²) in [4.78, 5) is 26.6. The Kier molecular flexibility index (Phi) is 3.53. The number of benzene rings is 1. The maximum absolute atomic E-state index is 12.6. The maximum atomic E-state index is 12.6. The van der Waals surface area contributed by atoms with Crippen molar-refractivity contribution in [2.24, 2.45) is 5.92 Å². The predicted molar refractivity (Wildman–Crippen MR) is 78.6 cm³/mol. The monoisotopic (exact) mass is 285 g/mol. The van der Waals surface area contributed by atoms with E-state index in [1.54, 1.807) is 14.1 Å². The first-order chi connectivity index (χ1) is 10.1. The van der Waals surface area contributed by atoms with Gasteiger partial charge in [0.05, 0.1) is 6.61 Å². The van der Waals surface area contributed by atoms with E-state index in [1.165, 1.54) is 4.90 Å². The van der Waals surface area contributed by atoms with Crippen molar-refractivity contribution in [1.82, 2.24) is 4.90 Å². The Morgan fingerprint density at radius 3 is 2.62 bits per heavy atom. The number of carbonyl (C=O) groups excluding carboxylic acids is 2. The van der Waals surface area contributed by atoms with Gasteiger partial charge in [0.1, 0.15) is 5.92 Å². The zero-order valence-corrected chi connectivity index (χ0v) is 12.3. The fourth-order valence-electron chi connectivity index (χ4n) is 3.25. The highest BCUT2D eigenvalue weighted by atomic mass is 16.5. The lowest BCUT2D eigenvalue weighted by Gasteiger charge is -2.24. The van der Waals surface area contributed by atoms with Gasteiger partial charge in [-0.3, -0.25) is 9.59 Å². The van der Waals surface area contributed by atoms with E-state index in [1.807, 2.05) is 30.3 Å². The Hall–Kier alpha value is -2.10. The highest BCUT2D eigenvalue weighted by molar-refractivity contribution is 6.12. The van der Waals surface area contributed by atoms with E-state index in [9.17, 15) is 9.59 Å². The smallest absolute Gasteiger partial charge is 0.234 e. The van der Waals surface area contributed by atoms with Crippen LogP contribution < -0.4 is 0 Å². The van der Waals surface area contributed by atoms with Gasteiger partial charge in [-0.05, 0) is 24.0 Å². The largest absolute Gasteiger partial charge is 0.490 e. The van der Waals surface area contributed by atoms with Crippen LogP contribution in [0, 0.1) is 5.92 Å². The second kappa shape index (κ2) is 5.35. The van der Waals surface area contributed by atoms with Gasteiger partial charge >= 0.3 is 0 Å². The highest BCUT2D eigenvalue weighted by Crippen LogP contribution is 2.46. The maximum Gasteiger partial charge on any atom is 0.234 e. The number of amides is 1. The molecule has 4 heteroatoms. The lowest BCUT2D eigenvalue weighted by atomic mass is 9.82. The van der Waals surface area contributed by atoms with E-state index in [4.69, 9.17) is 4.74 Å². The molecule has 1 aromatic carbocycles. The van der Waals surface area contributed by atoms with Crippen LogP contribution in [0.4, 0.5) is 0 Å². The summed E-state index contributed by atoms with van der Waals surface area (Å²) < 4.78 is 5.59. The van der Waals surface area contributed by atoms with Crippen LogP contribution in [0.1, 0.15) is 24.3 Å². The standard InChI is InChI=1S/C17H19NO3/c1-18(2)17(20)14-13(11-7-4-3-5-8-11)12-9-6-10-21-16(12)15(14)19/h3-5,7-8,13-14H,6,9-10H2,1-2H3/t13-,14+/m0/s1. The van der Waals surface area contributed by atoms with Crippen LogP contribution in [0.2, 0.25) is 0 Å². The molecular formula is C17H19NO3.